The summed E-state index contributed by atoms with van der Waals surface area (Å²) in [5.74, 6) is -0.0842. The molecule has 0 heterocycles. The summed E-state index contributed by atoms with van der Waals surface area (Å²) in [6.45, 7) is 0. The quantitative estimate of drug-likeness (QED) is 0.612. The molecule has 2 aliphatic carbocycles. The van der Waals surface area contributed by atoms with Crippen molar-refractivity contribution >= 4 is 12.3 Å². The van der Waals surface area contributed by atoms with Crippen LogP contribution in [0.2, 0.25) is 0 Å². The summed E-state index contributed by atoms with van der Waals surface area (Å²) < 4.78 is 5.29. The van der Waals surface area contributed by atoms with Crippen LogP contribution in [-0.4, -0.2) is 23.5 Å². The second-order valence-corrected chi connectivity index (χ2v) is 4.21. The van der Waals surface area contributed by atoms with Crippen molar-refractivity contribution < 1.29 is 19.4 Å². The van der Waals surface area contributed by atoms with Gasteiger partial charge in [-0.15, -0.1) is 0 Å². The summed E-state index contributed by atoms with van der Waals surface area (Å²) >= 11 is 0. The van der Waals surface area contributed by atoms with Gasteiger partial charge in [-0.3, -0.25) is 4.79 Å². The Morgan fingerprint density at radius 1 is 1.39 bits per heavy atom. The molecule has 0 radical (unpaired) electrons. The largest absolute Gasteiger partial charge is 0.512 e. The lowest BCUT2D eigenvalue weighted by molar-refractivity contribution is -0.142. The van der Waals surface area contributed by atoms with Crippen molar-refractivity contribution in [2.24, 2.45) is 0 Å². The number of aldehydes is 1. The number of allylic oxidation sites excluding steroid dienone is 5. The Hall–Kier alpha value is -2.10. The molecule has 1 N–H and O–H groups in total. The van der Waals surface area contributed by atoms with Crippen molar-refractivity contribution in [3.8, 4) is 0 Å². The molecule has 0 bridgehead atoms. The van der Waals surface area contributed by atoms with Crippen LogP contribution < -0.4 is 0 Å². The zero-order chi connectivity index (χ0) is 13.0. The average Bonchev–Trinajstić information content (AvgIpc) is 2.40. The Morgan fingerprint density at radius 2 is 2.22 bits per heavy atom. The molecular weight excluding hydrogens is 232 g/mol. The SMILES string of the molecule is O=CC1=CCC(OC(=O)C2=CC=C(O)CC2)C=C1. The van der Waals surface area contributed by atoms with Crippen LogP contribution in [0, 0.1) is 0 Å². The summed E-state index contributed by atoms with van der Waals surface area (Å²) in [7, 11) is 0. The van der Waals surface area contributed by atoms with Gasteiger partial charge in [-0.05, 0) is 24.6 Å². The van der Waals surface area contributed by atoms with E-state index >= 15 is 0 Å². The molecule has 0 fully saturated rings. The molecule has 0 spiro atoms. The van der Waals surface area contributed by atoms with E-state index in [0.717, 1.165) is 6.29 Å². The molecule has 0 aromatic carbocycles. The Bertz CT molecular complexity index is 480. The first-order valence-electron chi connectivity index (χ1n) is 5.82. The van der Waals surface area contributed by atoms with Crippen LogP contribution in [0.3, 0.4) is 0 Å². The standard InChI is InChI=1S/C14H14O4/c15-9-10-1-7-13(8-2-10)18-14(17)11-3-5-12(16)6-4-11/h1-3,5,7,9,13,16H,4,6,8H2. The lowest BCUT2D eigenvalue weighted by Crippen LogP contribution is -2.19. The fourth-order valence-corrected chi connectivity index (χ4v) is 1.80. The maximum atomic E-state index is 11.8. The molecule has 4 heteroatoms. The van der Waals surface area contributed by atoms with Crippen LogP contribution in [0.15, 0.2) is 47.3 Å². The van der Waals surface area contributed by atoms with Gasteiger partial charge in [-0.1, -0.05) is 12.2 Å². The molecule has 4 nitrogen and oxygen atoms in total. The first kappa shape index (κ1) is 12.4. The third-order valence-electron chi connectivity index (χ3n) is 2.87. The summed E-state index contributed by atoms with van der Waals surface area (Å²) in [6.07, 6.45) is 10.1. The maximum absolute atomic E-state index is 11.8. The molecule has 2 rings (SSSR count). The van der Waals surface area contributed by atoms with Gasteiger partial charge in [0.1, 0.15) is 12.4 Å². The summed E-state index contributed by atoms with van der Waals surface area (Å²) in [5, 5.41) is 9.20. The van der Waals surface area contributed by atoms with Crippen molar-refractivity contribution in [1.82, 2.24) is 0 Å². The van der Waals surface area contributed by atoms with Crippen molar-refractivity contribution in [2.45, 2.75) is 25.4 Å². The third-order valence-corrected chi connectivity index (χ3v) is 2.87. The third kappa shape index (κ3) is 2.97. The number of esters is 1. The molecule has 0 aromatic heterocycles. The summed E-state index contributed by atoms with van der Waals surface area (Å²) in [5.41, 5.74) is 1.17. The fraction of sp³-hybridized carbons (Fsp3) is 0.286. The van der Waals surface area contributed by atoms with Crippen molar-refractivity contribution in [3.63, 3.8) is 0 Å². The normalized spacial score (nSPS) is 22.7. The fourth-order valence-electron chi connectivity index (χ4n) is 1.80. The molecule has 1 atom stereocenters. The van der Waals surface area contributed by atoms with Gasteiger partial charge in [0.2, 0.25) is 0 Å². The van der Waals surface area contributed by atoms with E-state index in [1.165, 1.54) is 6.08 Å². The van der Waals surface area contributed by atoms with Crippen molar-refractivity contribution in [3.05, 3.63) is 47.3 Å². The topological polar surface area (TPSA) is 63.6 Å². The van der Waals surface area contributed by atoms with Gasteiger partial charge >= 0.3 is 5.97 Å². The van der Waals surface area contributed by atoms with E-state index in [1.54, 1.807) is 24.3 Å². The minimum atomic E-state index is -0.364. The molecule has 0 amide bonds. The van der Waals surface area contributed by atoms with Crippen molar-refractivity contribution in [1.29, 1.82) is 0 Å². The van der Waals surface area contributed by atoms with Crippen LogP contribution in [0.4, 0.5) is 0 Å². The second kappa shape index (κ2) is 5.49. The monoisotopic (exact) mass is 246 g/mol. The highest BCUT2D eigenvalue weighted by Crippen LogP contribution is 2.20. The predicted octanol–water partition coefficient (Wildman–Crippen LogP) is 2.15. The minimum absolute atomic E-state index is 0.280. The molecule has 0 saturated heterocycles. The highest BCUT2D eigenvalue weighted by atomic mass is 16.5. The average molecular weight is 246 g/mol. The van der Waals surface area contributed by atoms with Crippen LogP contribution in [0.5, 0.6) is 0 Å². The number of aliphatic hydroxyl groups excluding tert-OH is 1. The van der Waals surface area contributed by atoms with Gasteiger partial charge < -0.3 is 9.84 Å². The number of ether oxygens (including phenoxy) is 1. The highest BCUT2D eigenvalue weighted by molar-refractivity contribution is 5.89. The zero-order valence-corrected chi connectivity index (χ0v) is 9.83. The Balaban J connectivity index is 1.92. The molecule has 2 aliphatic rings. The van der Waals surface area contributed by atoms with Crippen LogP contribution in [-0.2, 0) is 14.3 Å². The van der Waals surface area contributed by atoms with Gasteiger partial charge in [-0.25, -0.2) is 4.79 Å². The van der Waals surface area contributed by atoms with Crippen LogP contribution in [0.25, 0.3) is 0 Å². The minimum Gasteiger partial charge on any atom is -0.512 e. The van der Waals surface area contributed by atoms with Gasteiger partial charge in [-0.2, -0.15) is 0 Å². The van der Waals surface area contributed by atoms with Crippen molar-refractivity contribution in [2.75, 3.05) is 0 Å². The maximum Gasteiger partial charge on any atom is 0.334 e. The van der Waals surface area contributed by atoms with E-state index in [2.05, 4.69) is 0 Å². The van der Waals surface area contributed by atoms with E-state index in [4.69, 9.17) is 4.74 Å². The van der Waals surface area contributed by atoms with Gasteiger partial charge in [0, 0.05) is 24.0 Å². The Kier molecular flexibility index (Phi) is 3.77. The molecule has 0 saturated carbocycles. The van der Waals surface area contributed by atoms with E-state index in [1.807, 2.05) is 0 Å². The number of hydrogen-bond acceptors (Lipinski definition) is 4. The smallest absolute Gasteiger partial charge is 0.334 e. The predicted molar refractivity (Wildman–Crippen MR) is 65.8 cm³/mol. The molecule has 0 aromatic rings. The van der Waals surface area contributed by atoms with Gasteiger partial charge in [0.05, 0.1) is 5.76 Å². The number of carbonyl (C=O) groups excluding carboxylic acids is 2. The van der Waals surface area contributed by atoms with Crippen LogP contribution in [0.1, 0.15) is 19.3 Å². The number of carbonyl (C=O) groups is 2. The molecule has 18 heavy (non-hydrogen) atoms. The van der Waals surface area contributed by atoms with E-state index < -0.39 is 0 Å². The molecular formula is C14H14O4. The molecule has 1 unspecified atom stereocenters. The molecule has 94 valence electrons. The summed E-state index contributed by atoms with van der Waals surface area (Å²) in [6, 6.07) is 0. The van der Waals surface area contributed by atoms with Gasteiger partial charge in [0.25, 0.3) is 0 Å². The Labute approximate surface area is 105 Å². The van der Waals surface area contributed by atoms with E-state index in [-0.39, 0.29) is 17.8 Å². The first-order valence-corrected chi connectivity index (χ1v) is 5.82. The van der Waals surface area contributed by atoms with E-state index in [0.29, 0.717) is 30.4 Å². The zero-order valence-electron chi connectivity index (χ0n) is 9.83. The summed E-state index contributed by atoms with van der Waals surface area (Å²) in [4.78, 5) is 22.3. The van der Waals surface area contributed by atoms with Crippen LogP contribution >= 0.6 is 0 Å². The number of aliphatic hydroxyl groups is 1. The first-order chi connectivity index (χ1) is 8.69. The lowest BCUT2D eigenvalue weighted by Gasteiger charge is -2.17. The van der Waals surface area contributed by atoms with Gasteiger partial charge in [0.15, 0.2) is 0 Å². The lowest BCUT2D eigenvalue weighted by atomic mass is 10.0. The highest BCUT2D eigenvalue weighted by Gasteiger charge is 2.18. The Morgan fingerprint density at radius 3 is 2.78 bits per heavy atom. The van der Waals surface area contributed by atoms with E-state index in [9.17, 15) is 14.7 Å². The molecule has 0 aliphatic heterocycles. The number of rotatable bonds is 3. The second-order valence-electron chi connectivity index (χ2n) is 4.21. The number of hydrogen-bond donors (Lipinski definition) is 1.